The molecular formula is C12H26N2O2S. The van der Waals surface area contributed by atoms with Crippen LogP contribution in [0.1, 0.15) is 26.7 Å². The number of amides is 1. The zero-order chi connectivity index (χ0) is 12.9. The van der Waals surface area contributed by atoms with Gasteiger partial charge in [-0.2, -0.15) is 11.8 Å². The molecule has 17 heavy (non-hydrogen) atoms. The van der Waals surface area contributed by atoms with E-state index in [4.69, 9.17) is 5.11 Å². The van der Waals surface area contributed by atoms with Gasteiger partial charge in [-0.05, 0) is 24.5 Å². The monoisotopic (exact) mass is 262 g/mol. The summed E-state index contributed by atoms with van der Waals surface area (Å²) in [5, 5.41) is 14.6. The maximum atomic E-state index is 11.3. The molecule has 3 N–H and O–H groups in total. The first-order valence-electron chi connectivity index (χ1n) is 6.32. The van der Waals surface area contributed by atoms with Crippen molar-refractivity contribution in [1.82, 2.24) is 10.6 Å². The third-order valence-electron chi connectivity index (χ3n) is 2.20. The fraction of sp³-hybridized carbons (Fsp3) is 0.917. The standard InChI is InChI=1S/C12H26N2O2S/c1-11(2)4-5-14-12(16)10-13-6-9-17-8-3-7-15/h11,13,15H,3-10H2,1-2H3,(H,14,16). The summed E-state index contributed by atoms with van der Waals surface area (Å²) in [7, 11) is 0. The zero-order valence-electron chi connectivity index (χ0n) is 11.0. The third-order valence-corrected chi connectivity index (χ3v) is 3.27. The van der Waals surface area contributed by atoms with E-state index in [1.807, 2.05) is 0 Å². The Morgan fingerprint density at radius 3 is 2.71 bits per heavy atom. The smallest absolute Gasteiger partial charge is 0.233 e. The number of carbonyl (C=O) groups is 1. The molecule has 0 aromatic rings. The lowest BCUT2D eigenvalue weighted by Crippen LogP contribution is -2.35. The number of aliphatic hydroxyl groups excluding tert-OH is 1. The lowest BCUT2D eigenvalue weighted by molar-refractivity contribution is -0.120. The van der Waals surface area contributed by atoms with Gasteiger partial charge in [0.05, 0.1) is 6.54 Å². The second kappa shape index (κ2) is 12.2. The summed E-state index contributed by atoms with van der Waals surface area (Å²) in [6.07, 6.45) is 1.88. The molecule has 0 saturated heterocycles. The van der Waals surface area contributed by atoms with Crippen LogP contribution in [0.15, 0.2) is 0 Å². The molecule has 0 aliphatic heterocycles. The van der Waals surface area contributed by atoms with Crippen molar-refractivity contribution in [3.05, 3.63) is 0 Å². The van der Waals surface area contributed by atoms with E-state index in [0.717, 1.165) is 37.4 Å². The van der Waals surface area contributed by atoms with Crippen molar-refractivity contribution in [2.75, 3.05) is 37.7 Å². The van der Waals surface area contributed by atoms with Crippen LogP contribution >= 0.6 is 11.8 Å². The molecule has 0 fully saturated rings. The van der Waals surface area contributed by atoms with Crippen molar-refractivity contribution >= 4 is 17.7 Å². The Hall–Kier alpha value is -0.260. The molecular weight excluding hydrogens is 236 g/mol. The summed E-state index contributed by atoms with van der Waals surface area (Å²) in [6, 6.07) is 0. The van der Waals surface area contributed by atoms with E-state index >= 15 is 0 Å². The maximum absolute atomic E-state index is 11.3. The number of carbonyl (C=O) groups excluding carboxylic acids is 1. The quantitative estimate of drug-likeness (QED) is 0.483. The Balaban J connectivity index is 3.16. The van der Waals surface area contributed by atoms with Gasteiger partial charge in [0.15, 0.2) is 0 Å². The molecule has 0 atom stereocenters. The maximum Gasteiger partial charge on any atom is 0.233 e. The molecule has 4 nitrogen and oxygen atoms in total. The SMILES string of the molecule is CC(C)CCNC(=O)CNCCSCCCO. The highest BCUT2D eigenvalue weighted by Gasteiger charge is 2.00. The third kappa shape index (κ3) is 13.7. The van der Waals surface area contributed by atoms with Crippen molar-refractivity contribution in [1.29, 1.82) is 0 Å². The van der Waals surface area contributed by atoms with E-state index in [0.29, 0.717) is 12.5 Å². The van der Waals surface area contributed by atoms with Crippen molar-refractivity contribution in [2.45, 2.75) is 26.7 Å². The molecule has 0 bridgehead atoms. The van der Waals surface area contributed by atoms with Gasteiger partial charge in [0, 0.05) is 25.4 Å². The highest BCUT2D eigenvalue weighted by molar-refractivity contribution is 7.99. The van der Waals surface area contributed by atoms with Gasteiger partial charge < -0.3 is 15.7 Å². The largest absolute Gasteiger partial charge is 0.396 e. The van der Waals surface area contributed by atoms with Gasteiger partial charge in [-0.3, -0.25) is 4.79 Å². The summed E-state index contributed by atoms with van der Waals surface area (Å²) in [4.78, 5) is 11.3. The first-order chi connectivity index (χ1) is 8.16. The van der Waals surface area contributed by atoms with E-state index in [1.165, 1.54) is 0 Å². The first kappa shape index (κ1) is 16.7. The number of thioether (sulfide) groups is 1. The molecule has 0 rings (SSSR count). The van der Waals surface area contributed by atoms with Crippen LogP contribution in [0.4, 0.5) is 0 Å². The van der Waals surface area contributed by atoms with Gasteiger partial charge in [-0.1, -0.05) is 13.8 Å². The molecule has 102 valence electrons. The zero-order valence-corrected chi connectivity index (χ0v) is 11.8. The number of rotatable bonds is 11. The second-order valence-corrected chi connectivity index (χ2v) is 5.62. The number of nitrogens with one attached hydrogen (secondary N) is 2. The van der Waals surface area contributed by atoms with Gasteiger partial charge in [0.1, 0.15) is 0 Å². The minimum absolute atomic E-state index is 0.0750. The van der Waals surface area contributed by atoms with Crippen LogP contribution in [-0.4, -0.2) is 48.8 Å². The average Bonchev–Trinajstić information content (AvgIpc) is 2.27. The van der Waals surface area contributed by atoms with Crippen LogP contribution in [0, 0.1) is 5.92 Å². The Kier molecular flexibility index (Phi) is 12.0. The first-order valence-corrected chi connectivity index (χ1v) is 7.48. The van der Waals surface area contributed by atoms with Gasteiger partial charge in [-0.25, -0.2) is 0 Å². The summed E-state index contributed by atoms with van der Waals surface area (Å²) >= 11 is 1.80. The molecule has 0 unspecified atom stereocenters. The fourth-order valence-electron chi connectivity index (χ4n) is 1.18. The lowest BCUT2D eigenvalue weighted by Gasteiger charge is -2.08. The number of aliphatic hydroxyl groups is 1. The van der Waals surface area contributed by atoms with E-state index in [9.17, 15) is 4.79 Å². The van der Waals surface area contributed by atoms with Crippen molar-refractivity contribution < 1.29 is 9.90 Å². The van der Waals surface area contributed by atoms with Crippen LogP contribution in [0.3, 0.4) is 0 Å². The Morgan fingerprint density at radius 2 is 2.06 bits per heavy atom. The minimum atomic E-state index is 0.0750. The van der Waals surface area contributed by atoms with Crippen LogP contribution in [0.25, 0.3) is 0 Å². The number of hydrogen-bond acceptors (Lipinski definition) is 4. The lowest BCUT2D eigenvalue weighted by atomic mass is 10.1. The van der Waals surface area contributed by atoms with E-state index < -0.39 is 0 Å². The summed E-state index contributed by atoms with van der Waals surface area (Å²) in [5.74, 6) is 2.68. The Labute approximate surface area is 109 Å². The molecule has 0 aromatic carbocycles. The molecule has 1 amide bonds. The summed E-state index contributed by atoms with van der Waals surface area (Å²) < 4.78 is 0. The minimum Gasteiger partial charge on any atom is -0.396 e. The Bertz CT molecular complexity index is 189. The predicted molar refractivity (Wildman–Crippen MR) is 74.4 cm³/mol. The Morgan fingerprint density at radius 1 is 1.29 bits per heavy atom. The van der Waals surface area contributed by atoms with Gasteiger partial charge in [0.25, 0.3) is 0 Å². The fourth-order valence-corrected chi connectivity index (χ4v) is 2.00. The van der Waals surface area contributed by atoms with Crippen LogP contribution in [0.5, 0.6) is 0 Å². The van der Waals surface area contributed by atoms with Crippen molar-refractivity contribution in [2.24, 2.45) is 5.92 Å². The van der Waals surface area contributed by atoms with Gasteiger partial charge in [0.2, 0.25) is 5.91 Å². The highest BCUT2D eigenvalue weighted by atomic mass is 32.2. The molecule has 0 spiro atoms. The van der Waals surface area contributed by atoms with Gasteiger partial charge >= 0.3 is 0 Å². The molecule has 0 aliphatic rings. The van der Waals surface area contributed by atoms with Gasteiger partial charge in [-0.15, -0.1) is 0 Å². The van der Waals surface area contributed by atoms with Crippen LogP contribution in [-0.2, 0) is 4.79 Å². The number of hydrogen-bond donors (Lipinski definition) is 3. The van der Waals surface area contributed by atoms with Crippen molar-refractivity contribution in [3.8, 4) is 0 Å². The van der Waals surface area contributed by atoms with E-state index in [1.54, 1.807) is 11.8 Å². The normalized spacial score (nSPS) is 10.8. The molecule has 0 aromatic heterocycles. The molecule has 5 heteroatoms. The molecule has 0 radical (unpaired) electrons. The van der Waals surface area contributed by atoms with E-state index in [2.05, 4.69) is 24.5 Å². The average molecular weight is 262 g/mol. The summed E-state index contributed by atoms with van der Waals surface area (Å²) in [6.45, 7) is 6.57. The van der Waals surface area contributed by atoms with Crippen LogP contribution < -0.4 is 10.6 Å². The topological polar surface area (TPSA) is 61.4 Å². The molecule has 0 heterocycles. The second-order valence-electron chi connectivity index (χ2n) is 4.40. The molecule has 0 aliphatic carbocycles. The predicted octanol–water partition coefficient (Wildman–Crippen LogP) is 0.854. The van der Waals surface area contributed by atoms with Crippen LogP contribution in [0.2, 0.25) is 0 Å². The summed E-state index contributed by atoms with van der Waals surface area (Å²) in [5.41, 5.74) is 0. The van der Waals surface area contributed by atoms with Crippen molar-refractivity contribution in [3.63, 3.8) is 0 Å². The van der Waals surface area contributed by atoms with E-state index in [-0.39, 0.29) is 12.5 Å². The molecule has 0 saturated carbocycles. The highest BCUT2D eigenvalue weighted by Crippen LogP contribution is 1.99.